The summed E-state index contributed by atoms with van der Waals surface area (Å²) in [6.45, 7) is 3.10. The Morgan fingerprint density at radius 3 is 2.54 bits per heavy atom. The van der Waals surface area contributed by atoms with Crippen molar-refractivity contribution in [1.29, 1.82) is 0 Å². The summed E-state index contributed by atoms with van der Waals surface area (Å²) in [6.07, 6.45) is 3.44. The topological polar surface area (TPSA) is 71.5 Å². The summed E-state index contributed by atoms with van der Waals surface area (Å²) in [7, 11) is 4.93. The van der Waals surface area contributed by atoms with Crippen LogP contribution in [0.1, 0.15) is 31.2 Å². The van der Waals surface area contributed by atoms with Crippen LogP contribution >= 0.6 is 0 Å². The van der Waals surface area contributed by atoms with E-state index in [4.69, 9.17) is 14.2 Å². The van der Waals surface area contributed by atoms with Gasteiger partial charge in [-0.3, -0.25) is 9.69 Å². The first-order chi connectivity index (χ1) is 13.5. The fourth-order valence-electron chi connectivity index (χ4n) is 4.32. The molecule has 1 aromatic rings. The van der Waals surface area contributed by atoms with Crippen LogP contribution < -0.4 is 9.47 Å². The minimum atomic E-state index is -1.33. The highest BCUT2D eigenvalue weighted by Gasteiger charge is 2.43. The summed E-state index contributed by atoms with van der Waals surface area (Å²) >= 11 is 0. The van der Waals surface area contributed by atoms with Crippen molar-refractivity contribution in [3.05, 3.63) is 23.8 Å². The molecule has 7 heteroatoms. The minimum absolute atomic E-state index is 0.197. The summed E-state index contributed by atoms with van der Waals surface area (Å²) in [4.78, 5) is 17.1. The predicted molar refractivity (Wildman–Crippen MR) is 106 cm³/mol. The first-order valence-electron chi connectivity index (χ1n) is 9.97. The van der Waals surface area contributed by atoms with Crippen LogP contribution in [0.3, 0.4) is 0 Å². The molecule has 0 bridgehead atoms. The van der Waals surface area contributed by atoms with Gasteiger partial charge in [0, 0.05) is 45.4 Å². The smallest absolute Gasteiger partial charge is 0.256 e. The second kappa shape index (κ2) is 9.11. The first kappa shape index (κ1) is 20.9. The lowest BCUT2D eigenvalue weighted by Gasteiger charge is -2.42. The number of carbonyl (C=O) groups is 1. The number of hydrogen-bond donors (Lipinski definition) is 1. The van der Waals surface area contributed by atoms with Crippen LogP contribution in [0.5, 0.6) is 11.5 Å². The molecule has 1 amide bonds. The molecule has 28 heavy (non-hydrogen) atoms. The van der Waals surface area contributed by atoms with Crippen LogP contribution in [0.4, 0.5) is 0 Å². The first-order valence-corrected chi connectivity index (χ1v) is 9.97. The third-order valence-electron chi connectivity index (χ3n) is 5.90. The second-order valence-electron chi connectivity index (χ2n) is 7.73. The van der Waals surface area contributed by atoms with Crippen LogP contribution in [-0.2, 0) is 16.1 Å². The molecule has 2 saturated heterocycles. The van der Waals surface area contributed by atoms with Crippen LogP contribution in [0.2, 0.25) is 0 Å². The number of ether oxygens (including phenoxy) is 3. The molecule has 3 rings (SSSR count). The number of methoxy groups -OCH3 is 3. The van der Waals surface area contributed by atoms with Gasteiger partial charge in [-0.2, -0.15) is 0 Å². The highest BCUT2D eigenvalue weighted by molar-refractivity contribution is 5.86. The Morgan fingerprint density at radius 1 is 1.14 bits per heavy atom. The quantitative estimate of drug-likeness (QED) is 0.761. The number of amides is 1. The molecule has 0 saturated carbocycles. The number of nitrogens with zero attached hydrogens (tertiary/aromatic N) is 2. The molecule has 2 aliphatic heterocycles. The molecule has 0 radical (unpaired) electrons. The van der Waals surface area contributed by atoms with Crippen molar-refractivity contribution in [3.63, 3.8) is 0 Å². The number of hydrogen-bond acceptors (Lipinski definition) is 6. The number of rotatable bonds is 7. The van der Waals surface area contributed by atoms with Crippen molar-refractivity contribution in [2.45, 2.75) is 43.9 Å². The Balaban J connectivity index is 1.69. The lowest BCUT2D eigenvalue weighted by atomic mass is 9.90. The molecule has 0 unspecified atom stereocenters. The van der Waals surface area contributed by atoms with Gasteiger partial charge < -0.3 is 24.2 Å². The average molecular weight is 392 g/mol. The third-order valence-corrected chi connectivity index (χ3v) is 5.90. The largest absolute Gasteiger partial charge is 0.493 e. The zero-order valence-electron chi connectivity index (χ0n) is 17.1. The molecule has 0 spiro atoms. The van der Waals surface area contributed by atoms with E-state index in [1.54, 1.807) is 26.2 Å². The van der Waals surface area contributed by atoms with Crippen molar-refractivity contribution < 1.29 is 24.1 Å². The van der Waals surface area contributed by atoms with Gasteiger partial charge in [0.05, 0.1) is 20.3 Å². The van der Waals surface area contributed by atoms with Gasteiger partial charge in [-0.25, -0.2) is 0 Å². The van der Waals surface area contributed by atoms with Gasteiger partial charge >= 0.3 is 0 Å². The van der Waals surface area contributed by atoms with Crippen LogP contribution in [0, 0.1) is 0 Å². The van der Waals surface area contributed by atoms with Gasteiger partial charge in [0.1, 0.15) is 0 Å². The standard InChI is InChI=1S/C21H32N2O5/c1-26-17-8-12-22(13-9-17)15-21(25)10-5-11-23(20(21)24)14-16-6-4-7-18(27-2)19(16)28-3/h4,6-7,17,25H,5,8-15H2,1-3H3/t21-/m0/s1. The average Bonchev–Trinajstić information content (AvgIpc) is 2.72. The SMILES string of the molecule is COc1cccc(CN2CCC[C@](O)(CN3CCC(OC)CC3)C2=O)c1OC. The summed E-state index contributed by atoms with van der Waals surface area (Å²) < 4.78 is 16.3. The van der Waals surface area contributed by atoms with Crippen LogP contribution in [0.15, 0.2) is 18.2 Å². The second-order valence-corrected chi connectivity index (χ2v) is 7.73. The number of β-amino-alcohol motifs (C(OH)–C–C–N with tert-alkyl or cyclic N) is 1. The van der Waals surface area contributed by atoms with Crippen molar-refractivity contribution in [2.75, 3.05) is 47.5 Å². The molecule has 156 valence electrons. The zero-order valence-corrected chi connectivity index (χ0v) is 17.1. The van der Waals surface area contributed by atoms with Crippen molar-refractivity contribution >= 4 is 5.91 Å². The van der Waals surface area contributed by atoms with Gasteiger partial charge in [0.2, 0.25) is 0 Å². The maximum absolute atomic E-state index is 13.2. The normalized spacial score (nSPS) is 24.4. The highest BCUT2D eigenvalue weighted by Crippen LogP contribution is 2.33. The Bertz CT molecular complexity index is 675. The Labute approximate surface area is 167 Å². The lowest BCUT2D eigenvalue weighted by Crippen LogP contribution is -2.59. The van der Waals surface area contributed by atoms with E-state index in [0.717, 1.165) is 37.9 Å². The van der Waals surface area contributed by atoms with Crippen molar-refractivity contribution in [1.82, 2.24) is 9.80 Å². The maximum Gasteiger partial charge on any atom is 0.256 e. The molecule has 0 aromatic heterocycles. The van der Waals surface area contributed by atoms with Gasteiger partial charge in [-0.1, -0.05) is 12.1 Å². The van der Waals surface area contributed by atoms with E-state index < -0.39 is 5.60 Å². The molecule has 1 aromatic carbocycles. The van der Waals surface area contributed by atoms with E-state index >= 15 is 0 Å². The van der Waals surface area contributed by atoms with E-state index in [9.17, 15) is 9.90 Å². The summed E-state index contributed by atoms with van der Waals surface area (Å²) in [5, 5.41) is 11.2. The fraction of sp³-hybridized carbons (Fsp3) is 0.667. The van der Waals surface area contributed by atoms with E-state index in [1.165, 1.54) is 0 Å². The molecule has 0 aliphatic carbocycles. The molecule has 1 atom stereocenters. The molecular weight excluding hydrogens is 360 g/mol. The van der Waals surface area contributed by atoms with Crippen LogP contribution in [-0.4, -0.2) is 80.0 Å². The molecule has 2 heterocycles. The molecule has 2 aliphatic rings. The number of likely N-dealkylation sites (tertiary alicyclic amines) is 2. The van der Waals surface area contributed by atoms with Gasteiger partial charge in [0.25, 0.3) is 5.91 Å². The van der Waals surface area contributed by atoms with Gasteiger partial charge in [-0.15, -0.1) is 0 Å². The molecule has 2 fully saturated rings. The minimum Gasteiger partial charge on any atom is -0.493 e. The Morgan fingerprint density at radius 2 is 1.89 bits per heavy atom. The lowest BCUT2D eigenvalue weighted by molar-refractivity contribution is -0.161. The number of aliphatic hydroxyl groups is 1. The zero-order chi connectivity index (χ0) is 20.1. The van der Waals surface area contributed by atoms with Gasteiger partial charge in [-0.05, 0) is 31.7 Å². The Hall–Kier alpha value is -1.83. The van der Waals surface area contributed by atoms with E-state index in [2.05, 4.69) is 4.90 Å². The van der Waals surface area contributed by atoms with Gasteiger partial charge in [0.15, 0.2) is 17.1 Å². The fourth-order valence-corrected chi connectivity index (χ4v) is 4.32. The van der Waals surface area contributed by atoms with Crippen LogP contribution in [0.25, 0.3) is 0 Å². The highest BCUT2D eigenvalue weighted by atomic mass is 16.5. The number of para-hydroxylation sites is 1. The van der Waals surface area contributed by atoms with Crippen molar-refractivity contribution in [3.8, 4) is 11.5 Å². The Kier molecular flexibility index (Phi) is 6.80. The third kappa shape index (κ3) is 4.42. The number of benzene rings is 1. The van der Waals surface area contributed by atoms with E-state index in [-0.39, 0.29) is 12.0 Å². The number of carbonyl (C=O) groups excluding carboxylic acids is 1. The summed E-state index contributed by atoms with van der Waals surface area (Å²) in [6, 6.07) is 5.65. The summed E-state index contributed by atoms with van der Waals surface area (Å²) in [5.74, 6) is 1.08. The molecular formula is C21H32N2O5. The van der Waals surface area contributed by atoms with E-state index in [0.29, 0.717) is 37.6 Å². The van der Waals surface area contributed by atoms with E-state index in [1.807, 2.05) is 18.2 Å². The molecule has 7 nitrogen and oxygen atoms in total. The molecule has 1 N–H and O–H groups in total. The summed E-state index contributed by atoms with van der Waals surface area (Å²) in [5.41, 5.74) is -0.454. The maximum atomic E-state index is 13.2. The van der Waals surface area contributed by atoms with Crippen molar-refractivity contribution in [2.24, 2.45) is 0 Å². The monoisotopic (exact) mass is 392 g/mol. The predicted octanol–water partition coefficient (Wildman–Crippen LogP) is 1.67. The number of piperidine rings is 2.